The first-order valence-corrected chi connectivity index (χ1v) is 6.20. The number of carbonyl (C=O) groups is 2. The summed E-state index contributed by atoms with van der Waals surface area (Å²) in [5.74, 6) is -0.786. The molecule has 1 saturated heterocycles. The number of imide groups is 1. The highest BCUT2D eigenvalue weighted by Gasteiger charge is 2.27. The molecule has 0 aliphatic carbocycles. The average molecular weight is 264 g/mol. The van der Waals surface area contributed by atoms with E-state index in [1.807, 2.05) is 20.8 Å². The number of nitrogens with one attached hydrogen (secondary N) is 1. The average Bonchev–Trinajstić information content (AvgIpc) is 2.29. The molecule has 0 unspecified atom stereocenters. The van der Waals surface area contributed by atoms with E-state index in [1.165, 1.54) is 11.0 Å². The fourth-order valence-corrected chi connectivity index (χ4v) is 1.98. The van der Waals surface area contributed by atoms with Crippen LogP contribution in [0.2, 0.25) is 0 Å². The highest BCUT2D eigenvalue weighted by atomic mass is 19.1. The molecule has 1 fully saturated rings. The van der Waals surface area contributed by atoms with Crippen molar-refractivity contribution in [2.75, 3.05) is 11.4 Å². The number of hydrogen-bond acceptors (Lipinski definition) is 2. The molecule has 0 atom stereocenters. The molecule has 2 rings (SSSR count). The molecule has 4 nitrogen and oxygen atoms in total. The first-order valence-electron chi connectivity index (χ1n) is 6.20. The van der Waals surface area contributed by atoms with Gasteiger partial charge in [-0.05, 0) is 23.1 Å². The van der Waals surface area contributed by atoms with Crippen molar-refractivity contribution in [2.24, 2.45) is 0 Å². The van der Waals surface area contributed by atoms with Crippen LogP contribution >= 0.6 is 0 Å². The van der Waals surface area contributed by atoms with Gasteiger partial charge in [-0.3, -0.25) is 15.0 Å². The van der Waals surface area contributed by atoms with E-state index >= 15 is 0 Å². The number of carbonyl (C=O) groups excluding carboxylic acids is 2. The fraction of sp³-hybridized carbons (Fsp3) is 0.429. The summed E-state index contributed by atoms with van der Waals surface area (Å²) < 4.78 is 13.9. The number of amides is 3. The Balaban J connectivity index is 2.39. The molecule has 1 N–H and O–H groups in total. The Bertz CT molecular complexity index is 535. The lowest BCUT2D eigenvalue weighted by molar-refractivity contribution is -0.120. The lowest BCUT2D eigenvalue weighted by Gasteiger charge is -2.28. The van der Waals surface area contributed by atoms with Crippen LogP contribution in [-0.2, 0) is 10.2 Å². The molecule has 3 amide bonds. The third kappa shape index (κ3) is 2.75. The highest BCUT2D eigenvalue weighted by Crippen LogP contribution is 2.29. The van der Waals surface area contributed by atoms with E-state index in [1.54, 1.807) is 12.1 Å². The summed E-state index contributed by atoms with van der Waals surface area (Å²) in [6, 6.07) is 4.18. The minimum Gasteiger partial charge on any atom is -0.291 e. The van der Waals surface area contributed by atoms with Crippen LogP contribution in [0.3, 0.4) is 0 Å². The summed E-state index contributed by atoms with van der Waals surface area (Å²) in [6.45, 7) is 6.26. The summed E-state index contributed by atoms with van der Waals surface area (Å²) in [4.78, 5) is 24.1. The number of nitrogens with zero attached hydrogens (tertiary/aromatic N) is 1. The topological polar surface area (TPSA) is 49.4 Å². The van der Waals surface area contributed by atoms with Crippen molar-refractivity contribution in [3.8, 4) is 0 Å². The first kappa shape index (κ1) is 13.5. The molecule has 0 radical (unpaired) electrons. The molecule has 5 heteroatoms. The van der Waals surface area contributed by atoms with Gasteiger partial charge in [0.05, 0.1) is 5.69 Å². The molecule has 1 aliphatic heterocycles. The summed E-state index contributed by atoms with van der Waals surface area (Å²) >= 11 is 0. The molecular weight excluding hydrogens is 247 g/mol. The second-order valence-electron chi connectivity index (χ2n) is 5.67. The second kappa shape index (κ2) is 4.64. The monoisotopic (exact) mass is 264 g/mol. The normalized spacial score (nSPS) is 16.5. The van der Waals surface area contributed by atoms with Crippen LogP contribution in [0, 0.1) is 5.82 Å². The second-order valence-corrected chi connectivity index (χ2v) is 5.67. The number of halogens is 1. The SMILES string of the molecule is CC(C)(C)c1ccc(F)c(N2CCC(=O)NC2=O)c1. The van der Waals surface area contributed by atoms with E-state index in [-0.39, 0.29) is 30.0 Å². The van der Waals surface area contributed by atoms with Crippen molar-refractivity contribution >= 4 is 17.6 Å². The van der Waals surface area contributed by atoms with E-state index in [0.717, 1.165) is 5.56 Å². The molecule has 0 bridgehead atoms. The van der Waals surface area contributed by atoms with Gasteiger partial charge >= 0.3 is 6.03 Å². The van der Waals surface area contributed by atoms with Crippen molar-refractivity contribution in [1.82, 2.24) is 5.32 Å². The number of benzene rings is 1. The molecule has 1 aliphatic rings. The van der Waals surface area contributed by atoms with Gasteiger partial charge < -0.3 is 0 Å². The van der Waals surface area contributed by atoms with Crippen molar-refractivity contribution in [2.45, 2.75) is 32.6 Å². The molecule has 102 valence electrons. The van der Waals surface area contributed by atoms with Gasteiger partial charge in [0.1, 0.15) is 5.82 Å². The van der Waals surface area contributed by atoms with Crippen LogP contribution < -0.4 is 10.2 Å². The van der Waals surface area contributed by atoms with Crippen LogP contribution in [0.25, 0.3) is 0 Å². The van der Waals surface area contributed by atoms with Gasteiger partial charge in [-0.15, -0.1) is 0 Å². The van der Waals surface area contributed by atoms with Gasteiger partial charge in [0.15, 0.2) is 0 Å². The quantitative estimate of drug-likeness (QED) is 0.847. The maximum absolute atomic E-state index is 13.9. The van der Waals surface area contributed by atoms with Crippen molar-refractivity contribution < 1.29 is 14.0 Å². The zero-order chi connectivity index (χ0) is 14.2. The Morgan fingerprint density at radius 3 is 2.53 bits per heavy atom. The number of rotatable bonds is 1. The lowest BCUT2D eigenvalue weighted by atomic mass is 9.86. The Labute approximate surface area is 111 Å². The van der Waals surface area contributed by atoms with Gasteiger partial charge in [0, 0.05) is 13.0 Å². The van der Waals surface area contributed by atoms with Gasteiger partial charge in [0.25, 0.3) is 0 Å². The molecule has 0 spiro atoms. The maximum Gasteiger partial charge on any atom is 0.328 e. The largest absolute Gasteiger partial charge is 0.328 e. The summed E-state index contributed by atoms with van der Waals surface area (Å²) in [7, 11) is 0. The van der Waals surface area contributed by atoms with Crippen LogP contribution in [0.1, 0.15) is 32.8 Å². The highest BCUT2D eigenvalue weighted by molar-refractivity contribution is 6.05. The Hall–Kier alpha value is -1.91. The van der Waals surface area contributed by atoms with E-state index in [9.17, 15) is 14.0 Å². The molecule has 1 heterocycles. The Kier molecular flexibility index (Phi) is 3.30. The third-order valence-corrected chi connectivity index (χ3v) is 3.16. The molecule has 0 saturated carbocycles. The van der Waals surface area contributed by atoms with E-state index in [2.05, 4.69) is 5.32 Å². The minimum absolute atomic E-state index is 0.134. The molecule has 0 aromatic heterocycles. The first-order chi connectivity index (χ1) is 8.79. The lowest BCUT2D eigenvalue weighted by Crippen LogP contribution is -2.50. The van der Waals surface area contributed by atoms with Gasteiger partial charge in [-0.1, -0.05) is 26.8 Å². The van der Waals surface area contributed by atoms with Crippen molar-refractivity contribution in [3.63, 3.8) is 0 Å². The van der Waals surface area contributed by atoms with Crippen LogP contribution in [-0.4, -0.2) is 18.5 Å². The Morgan fingerprint density at radius 2 is 1.95 bits per heavy atom. The van der Waals surface area contributed by atoms with Crippen LogP contribution in [0.5, 0.6) is 0 Å². The Morgan fingerprint density at radius 1 is 1.26 bits per heavy atom. The predicted molar refractivity (Wildman–Crippen MR) is 70.6 cm³/mol. The van der Waals surface area contributed by atoms with E-state index < -0.39 is 11.8 Å². The zero-order valence-corrected chi connectivity index (χ0v) is 11.3. The van der Waals surface area contributed by atoms with Crippen molar-refractivity contribution in [3.05, 3.63) is 29.6 Å². The molecule has 1 aromatic rings. The molecule has 19 heavy (non-hydrogen) atoms. The summed E-state index contributed by atoms with van der Waals surface area (Å²) in [5.41, 5.74) is 1.02. The number of hydrogen-bond donors (Lipinski definition) is 1. The molecule has 1 aromatic carbocycles. The zero-order valence-electron chi connectivity index (χ0n) is 11.3. The maximum atomic E-state index is 13.9. The van der Waals surface area contributed by atoms with Gasteiger partial charge in [-0.2, -0.15) is 0 Å². The predicted octanol–water partition coefficient (Wildman–Crippen LogP) is 2.57. The summed E-state index contributed by atoms with van der Waals surface area (Å²) in [6.07, 6.45) is 0.185. The van der Waals surface area contributed by atoms with E-state index in [4.69, 9.17) is 0 Å². The van der Waals surface area contributed by atoms with E-state index in [0.29, 0.717) is 0 Å². The smallest absolute Gasteiger partial charge is 0.291 e. The van der Waals surface area contributed by atoms with Crippen LogP contribution in [0.4, 0.5) is 14.9 Å². The minimum atomic E-state index is -0.568. The number of urea groups is 1. The van der Waals surface area contributed by atoms with Gasteiger partial charge in [0.2, 0.25) is 5.91 Å². The third-order valence-electron chi connectivity index (χ3n) is 3.16. The standard InChI is InChI=1S/C14H17FN2O2/c1-14(2,3)9-4-5-10(15)11(8-9)17-7-6-12(18)16-13(17)19/h4-5,8H,6-7H2,1-3H3,(H,16,18,19). The molecular formula is C14H17FN2O2. The fourth-order valence-electron chi connectivity index (χ4n) is 1.98. The van der Waals surface area contributed by atoms with Crippen molar-refractivity contribution in [1.29, 1.82) is 0 Å². The van der Waals surface area contributed by atoms with Gasteiger partial charge in [-0.25, -0.2) is 9.18 Å². The van der Waals surface area contributed by atoms with Crippen LogP contribution in [0.15, 0.2) is 18.2 Å². The summed E-state index contributed by atoms with van der Waals surface area (Å²) in [5, 5.41) is 2.19. The number of anilines is 1.